The molecule has 0 spiro atoms. The summed E-state index contributed by atoms with van der Waals surface area (Å²) in [6.45, 7) is 2.29. The van der Waals surface area contributed by atoms with Crippen molar-refractivity contribution in [1.82, 2.24) is 4.57 Å². The van der Waals surface area contributed by atoms with Crippen LogP contribution in [0.25, 0.3) is 6.08 Å². The Kier molecular flexibility index (Phi) is 4.70. The Morgan fingerprint density at radius 3 is 2.88 bits per heavy atom. The van der Waals surface area contributed by atoms with Crippen LogP contribution in [0.5, 0.6) is 5.88 Å². The minimum absolute atomic E-state index is 0.0794. The lowest BCUT2D eigenvalue weighted by atomic mass is 10.3. The second-order valence-electron chi connectivity index (χ2n) is 3.20. The fraction of sp³-hybridized carbons (Fsp3) is 0.400. The van der Waals surface area contributed by atoms with Gasteiger partial charge in [0.1, 0.15) is 0 Å². The molecule has 1 aromatic rings. The van der Waals surface area contributed by atoms with Gasteiger partial charge < -0.3 is 10.2 Å². The molecule has 0 aromatic carbocycles. The number of nitrogens with zero attached hydrogens (tertiary/aromatic N) is 1. The summed E-state index contributed by atoms with van der Waals surface area (Å²) in [5.41, 5.74) is 0. The van der Waals surface area contributed by atoms with Crippen LogP contribution in [0.3, 0.4) is 0 Å². The number of thiazole rings is 1. The highest BCUT2D eigenvalue weighted by Crippen LogP contribution is 2.27. The fourth-order valence-electron chi connectivity index (χ4n) is 1.26. The van der Waals surface area contributed by atoms with Crippen molar-refractivity contribution in [1.29, 1.82) is 0 Å². The molecule has 6 heteroatoms. The smallest absolute Gasteiger partial charge is 0.303 e. The highest BCUT2D eigenvalue weighted by Gasteiger charge is 2.09. The van der Waals surface area contributed by atoms with Crippen LogP contribution in [0.15, 0.2) is 6.08 Å². The molecular formula is C10H13NO3S2. The van der Waals surface area contributed by atoms with Crippen LogP contribution < -0.4 is 0 Å². The molecule has 0 aliphatic heterocycles. The largest absolute Gasteiger partial charge is 0.493 e. The molecule has 4 nitrogen and oxygen atoms in total. The summed E-state index contributed by atoms with van der Waals surface area (Å²) in [5, 5.41) is 18.3. The summed E-state index contributed by atoms with van der Waals surface area (Å²) in [6, 6.07) is 0. The predicted octanol–water partition coefficient (Wildman–Crippen LogP) is 2.88. The Labute approximate surface area is 102 Å². The Morgan fingerprint density at radius 1 is 1.62 bits per heavy atom. The lowest BCUT2D eigenvalue weighted by Crippen LogP contribution is -2.01. The molecule has 0 saturated carbocycles. The first-order valence-electron chi connectivity index (χ1n) is 4.83. The van der Waals surface area contributed by atoms with Crippen LogP contribution in [-0.2, 0) is 11.3 Å². The van der Waals surface area contributed by atoms with E-state index in [1.807, 2.05) is 13.0 Å². The third-order valence-corrected chi connectivity index (χ3v) is 3.39. The summed E-state index contributed by atoms with van der Waals surface area (Å²) in [4.78, 5) is 11.1. The molecule has 0 fully saturated rings. The molecule has 1 heterocycles. The van der Waals surface area contributed by atoms with Gasteiger partial charge in [-0.2, -0.15) is 0 Å². The number of aromatic nitrogens is 1. The minimum Gasteiger partial charge on any atom is -0.493 e. The molecule has 0 bridgehead atoms. The van der Waals surface area contributed by atoms with E-state index in [4.69, 9.17) is 17.3 Å². The van der Waals surface area contributed by atoms with Crippen molar-refractivity contribution in [3.05, 3.63) is 14.9 Å². The Balaban J connectivity index is 2.80. The van der Waals surface area contributed by atoms with E-state index in [2.05, 4.69) is 0 Å². The zero-order chi connectivity index (χ0) is 12.1. The third kappa shape index (κ3) is 3.18. The zero-order valence-corrected chi connectivity index (χ0v) is 10.5. The molecule has 0 atom stereocenters. The maximum Gasteiger partial charge on any atom is 0.303 e. The number of rotatable bonds is 5. The number of hydrogen-bond donors (Lipinski definition) is 2. The molecule has 1 aromatic heterocycles. The number of aliphatic carboxylic acids is 1. The highest BCUT2D eigenvalue weighted by molar-refractivity contribution is 7.73. The number of carbonyl (C=O) groups is 1. The zero-order valence-electron chi connectivity index (χ0n) is 8.84. The maximum atomic E-state index is 10.4. The van der Waals surface area contributed by atoms with Gasteiger partial charge in [-0.3, -0.25) is 9.36 Å². The van der Waals surface area contributed by atoms with Crippen molar-refractivity contribution >= 4 is 35.6 Å². The number of aromatic hydroxyl groups is 1. The Bertz CT molecular complexity index is 459. The van der Waals surface area contributed by atoms with Crippen molar-refractivity contribution in [2.75, 3.05) is 0 Å². The number of hydrogen-bond acceptors (Lipinski definition) is 4. The monoisotopic (exact) mass is 259 g/mol. The fourth-order valence-corrected chi connectivity index (χ4v) is 2.59. The van der Waals surface area contributed by atoms with Crippen LogP contribution in [0.4, 0.5) is 0 Å². The van der Waals surface area contributed by atoms with Crippen molar-refractivity contribution in [2.24, 2.45) is 0 Å². The molecular weight excluding hydrogens is 246 g/mol. The molecule has 0 amide bonds. The first-order valence-corrected chi connectivity index (χ1v) is 6.05. The van der Waals surface area contributed by atoms with E-state index < -0.39 is 5.97 Å². The average Bonchev–Trinajstić information content (AvgIpc) is 2.45. The van der Waals surface area contributed by atoms with Gasteiger partial charge in [0.05, 0.1) is 4.88 Å². The SMILES string of the molecule is CC=Cc1sc(=S)n(CCCC(=O)O)c1O. The normalized spacial score (nSPS) is 11.1. The number of carboxylic acids is 1. The van der Waals surface area contributed by atoms with E-state index in [1.165, 1.54) is 11.3 Å². The van der Waals surface area contributed by atoms with Crippen molar-refractivity contribution in [3.63, 3.8) is 0 Å². The van der Waals surface area contributed by atoms with Crippen LogP contribution in [0.1, 0.15) is 24.6 Å². The summed E-state index contributed by atoms with van der Waals surface area (Å²) in [5.74, 6) is -0.714. The molecule has 0 radical (unpaired) electrons. The highest BCUT2D eigenvalue weighted by atomic mass is 32.1. The van der Waals surface area contributed by atoms with Gasteiger partial charge in [-0.25, -0.2) is 0 Å². The van der Waals surface area contributed by atoms with Gasteiger partial charge in [0.2, 0.25) is 5.88 Å². The van der Waals surface area contributed by atoms with E-state index in [9.17, 15) is 9.90 Å². The van der Waals surface area contributed by atoms with Gasteiger partial charge in [-0.05, 0) is 31.6 Å². The Morgan fingerprint density at radius 2 is 2.31 bits per heavy atom. The standard InChI is InChI=1S/C10H13NO3S2/c1-2-4-7-9(14)11(10(15)16-7)6-3-5-8(12)13/h2,4,14H,3,5-6H2,1H3,(H,12,13). The topological polar surface area (TPSA) is 62.5 Å². The molecule has 0 aliphatic carbocycles. The molecule has 88 valence electrons. The van der Waals surface area contributed by atoms with Crippen LogP contribution >= 0.6 is 23.6 Å². The van der Waals surface area contributed by atoms with Gasteiger partial charge >= 0.3 is 5.97 Å². The minimum atomic E-state index is -0.838. The molecule has 2 N–H and O–H groups in total. The second-order valence-corrected chi connectivity index (χ2v) is 4.88. The number of carboxylic acid groups (broad SMARTS) is 1. The van der Waals surface area contributed by atoms with Crippen molar-refractivity contribution in [2.45, 2.75) is 26.3 Å². The number of allylic oxidation sites excluding steroid dienone is 1. The maximum absolute atomic E-state index is 10.4. The average molecular weight is 259 g/mol. The van der Waals surface area contributed by atoms with E-state index in [-0.39, 0.29) is 12.3 Å². The van der Waals surface area contributed by atoms with Crippen molar-refractivity contribution < 1.29 is 15.0 Å². The van der Waals surface area contributed by atoms with Gasteiger partial charge in [0.15, 0.2) is 3.95 Å². The van der Waals surface area contributed by atoms with Crippen LogP contribution in [0, 0.1) is 3.95 Å². The van der Waals surface area contributed by atoms with Gasteiger partial charge in [0.25, 0.3) is 0 Å². The lowest BCUT2D eigenvalue weighted by molar-refractivity contribution is -0.137. The third-order valence-electron chi connectivity index (χ3n) is 1.98. The predicted molar refractivity (Wildman–Crippen MR) is 66.4 cm³/mol. The van der Waals surface area contributed by atoms with Gasteiger partial charge in [-0.1, -0.05) is 6.08 Å². The van der Waals surface area contributed by atoms with E-state index in [1.54, 1.807) is 10.6 Å². The summed E-state index contributed by atoms with van der Waals surface area (Å²) < 4.78 is 2.13. The van der Waals surface area contributed by atoms with E-state index in [0.29, 0.717) is 21.8 Å². The summed E-state index contributed by atoms with van der Waals surface area (Å²) >= 11 is 6.41. The van der Waals surface area contributed by atoms with E-state index >= 15 is 0 Å². The lowest BCUT2D eigenvalue weighted by Gasteiger charge is -2.02. The van der Waals surface area contributed by atoms with Crippen molar-refractivity contribution in [3.8, 4) is 5.88 Å². The molecule has 0 aliphatic rings. The van der Waals surface area contributed by atoms with Crippen LogP contribution in [-0.4, -0.2) is 20.7 Å². The first-order chi connectivity index (χ1) is 7.56. The molecule has 0 saturated heterocycles. The van der Waals surface area contributed by atoms with Crippen LogP contribution in [0.2, 0.25) is 0 Å². The quantitative estimate of drug-likeness (QED) is 0.798. The summed E-state index contributed by atoms with van der Waals surface area (Å²) in [7, 11) is 0. The Hall–Kier alpha value is -1.14. The second kappa shape index (κ2) is 5.81. The van der Waals surface area contributed by atoms with Gasteiger partial charge in [0, 0.05) is 13.0 Å². The molecule has 0 unspecified atom stereocenters. The van der Waals surface area contributed by atoms with Gasteiger partial charge in [-0.15, -0.1) is 11.3 Å². The first kappa shape index (κ1) is 12.9. The van der Waals surface area contributed by atoms with E-state index in [0.717, 1.165) is 0 Å². The summed E-state index contributed by atoms with van der Waals surface area (Å²) in [6.07, 6.45) is 4.14. The molecule has 1 rings (SSSR count). The molecule has 16 heavy (non-hydrogen) atoms.